The number of benzene rings is 3. The van der Waals surface area contributed by atoms with E-state index in [9.17, 15) is 10.1 Å². The Balaban J connectivity index is 1.72. The number of aryl methyl sites for hydroxylation is 4. The molecule has 5 heteroatoms. The summed E-state index contributed by atoms with van der Waals surface area (Å²) in [5.41, 5.74) is 6.84. The van der Waals surface area contributed by atoms with Gasteiger partial charge in [0.05, 0.1) is 5.02 Å². The van der Waals surface area contributed by atoms with E-state index in [-0.39, 0.29) is 5.57 Å². The molecule has 0 aromatic heterocycles. The van der Waals surface area contributed by atoms with Crippen LogP contribution < -0.4 is 10.1 Å². The van der Waals surface area contributed by atoms with Gasteiger partial charge in [0, 0.05) is 5.69 Å². The van der Waals surface area contributed by atoms with Gasteiger partial charge >= 0.3 is 0 Å². The molecule has 162 valence electrons. The van der Waals surface area contributed by atoms with Crippen molar-refractivity contribution in [1.29, 1.82) is 5.26 Å². The van der Waals surface area contributed by atoms with Gasteiger partial charge in [0.2, 0.25) is 0 Å². The number of carbonyl (C=O) groups is 1. The Kier molecular flexibility index (Phi) is 7.35. The molecule has 0 fully saturated rings. The summed E-state index contributed by atoms with van der Waals surface area (Å²) < 4.78 is 5.86. The van der Waals surface area contributed by atoms with E-state index in [0.717, 1.165) is 16.7 Å². The summed E-state index contributed by atoms with van der Waals surface area (Å²) in [7, 11) is 0. The van der Waals surface area contributed by atoms with Gasteiger partial charge in [0.1, 0.15) is 24.0 Å². The molecule has 0 bridgehead atoms. The Morgan fingerprint density at radius 2 is 1.78 bits per heavy atom. The van der Waals surface area contributed by atoms with Gasteiger partial charge in [-0.25, -0.2) is 0 Å². The lowest BCUT2D eigenvalue weighted by Crippen LogP contribution is -2.14. The first-order valence-electron chi connectivity index (χ1n) is 10.3. The van der Waals surface area contributed by atoms with Crippen LogP contribution in [0.1, 0.15) is 33.4 Å². The van der Waals surface area contributed by atoms with Crippen LogP contribution in [0, 0.1) is 39.0 Å². The van der Waals surface area contributed by atoms with Crippen molar-refractivity contribution in [1.82, 2.24) is 0 Å². The normalized spacial score (nSPS) is 11.1. The van der Waals surface area contributed by atoms with Crippen LogP contribution in [-0.4, -0.2) is 5.91 Å². The van der Waals surface area contributed by atoms with E-state index in [1.54, 1.807) is 18.2 Å². The molecule has 1 amide bonds. The lowest BCUT2D eigenvalue weighted by Gasteiger charge is -2.11. The Morgan fingerprint density at radius 3 is 2.44 bits per heavy atom. The summed E-state index contributed by atoms with van der Waals surface area (Å²) in [5, 5.41) is 12.7. The van der Waals surface area contributed by atoms with Crippen LogP contribution in [0.25, 0.3) is 6.08 Å². The maximum atomic E-state index is 12.6. The largest absolute Gasteiger partial charge is 0.487 e. The van der Waals surface area contributed by atoms with Crippen LogP contribution in [0.4, 0.5) is 5.69 Å². The standard InChI is InChI=1S/C27H25ClN2O2/c1-17-5-9-25(20(4)11-17)30-27(31)23(15-29)13-21-8-10-26(24(28)14-21)32-16-22-7-6-18(2)19(3)12-22/h5-14H,16H2,1-4H3,(H,30,31)/b23-13+. The molecule has 1 N–H and O–H groups in total. The highest BCUT2D eigenvalue weighted by Crippen LogP contribution is 2.28. The van der Waals surface area contributed by atoms with E-state index in [0.29, 0.717) is 28.6 Å². The highest BCUT2D eigenvalue weighted by Gasteiger charge is 2.12. The first-order chi connectivity index (χ1) is 15.3. The van der Waals surface area contributed by atoms with Crippen LogP contribution in [0.15, 0.2) is 60.2 Å². The van der Waals surface area contributed by atoms with E-state index in [1.165, 1.54) is 17.2 Å². The first kappa shape index (κ1) is 23.1. The molecule has 32 heavy (non-hydrogen) atoms. The number of nitriles is 1. The molecule has 4 nitrogen and oxygen atoms in total. The third-order valence-electron chi connectivity index (χ3n) is 5.23. The minimum absolute atomic E-state index is 0.00941. The van der Waals surface area contributed by atoms with Crippen molar-refractivity contribution in [2.24, 2.45) is 0 Å². The molecular formula is C27H25ClN2O2. The van der Waals surface area contributed by atoms with E-state index >= 15 is 0 Å². The summed E-state index contributed by atoms with van der Waals surface area (Å²) in [6, 6.07) is 19.1. The SMILES string of the molecule is Cc1ccc(NC(=O)/C(C#N)=C/c2ccc(OCc3ccc(C)c(C)c3)c(Cl)c2)c(C)c1. The summed E-state index contributed by atoms with van der Waals surface area (Å²) in [6.45, 7) is 8.43. The van der Waals surface area contributed by atoms with Gasteiger partial charge in [-0.3, -0.25) is 4.79 Å². The highest BCUT2D eigenvalue weighted by molar-refractivity contribution is 6.32. The Labute approximate surface area is 194 Å². The quantitative estimate of drug-likeness (QED) is 0.340. The number of nitrogens with zero attached hydrogens (tertiary/aromatic N) is 1. The Bertz CT molecular complexity index is 1240. The minimum Gasteiger partial charge on any atom is -0.487 e. The van der Waals surface area contributed by atoms with Gasteiger partial charge in [-0.2, -0.15) is 5.26 Å². The van der Waals surface area contributed by atoms with E-state index in [4.69, 9.17) is 16.3 Å². The van der Waals surface area contributed by atoms with Crippen molar-refractivity contribution in [3.8, 4) is 11.8 Å². The van der Waals surface area contributed by atoms with Crippen molar-refractivity contribution in [2.45, 2.75) is 34.3 Å². The summed E-state index contributed by atoms with van der Waals surface area (Å²) in [6.07, 6.45) is 1.51. The van der Waals surface area contributed by atoms with Gasteiger partial charge in [-0.15, -0.1) is 0 Å². The number of carbonyl (C=O) groups excluding carboxylic acids is 1. The lowest BCUT2D eigenvalue weighted by atomic mass is 10.1. The van der Waals surface area contributed by atoms with Crippen molar-refractivity contribution in [3.05, 3.63) is 98.6 Å². The van der Waals surface area contributed by atoms with Gasteiger partial charge < -0.3 is 10.1 Å². The number of nitrogens with one attached hydrogen (secondary N) is 1. The van der Waals surface area contributed by atoms with Crippen LogP contribution in [0.2, 0.25) is 5.02 Å². The molecule has 0 saturated heterocycles. The molecule has 3 aromatic rings. The predicted molar refractivity (Wildman–Crippen MR) is 130 cm³/mol. The fourth-order valence-electron chi connectivity index (χ4n) is 3.24. The second kappa shape index (κ2) is 10.2. The molecule has 3 aromatic carbocycles. The van der Waals surface area contributed by atoms with Gasteiger partial charge in [0.15, 0.2) is 0 Å². The topological polar surface area (TPSA) is 62.1 Å². The zero-order valence-corrected chi connectivity index (χ0v) is 19.4. The molecule has 0 aliphatic heterocycles. The smallest absolute Gasteiger partial charge is 0.266 e. The predicted octanol–water partition coefficient (Wildman–Crippen LogP) is 6.70. The zero-order valence-electron chi connectivity index (χ0n) is 18.6. The van der Waals surface area contributed by atoms with Crippen molar-refractivity contribution >= 4 is 29.3 Å². The van der Waals surface area contributed by atoms with Crippen LogP contribution in [0.5, 0.6) is 5.75 Å². The minimum atomic E-state index is -0.467. The fraction of sp³-hybridized carbons (Fsp3) is 0.185. The molecule has 0 aliphatic carbocycles. The summed E-state index contributed by atoms with van der Waals surface area (Å²) in [4.78, 5) is 12.6. The number of hydrogen-bond donors (Lipinski definition) is 1. The van der Waals surface area contributed by atoms with E-state index in [2.05, 4.69) is 31.3 Å². The molecule has 0 heterocycles. The lowest BCUT2D eigenvalue weighted by molar-refractivity contribution is -0.112. The average Bonchev–Trinajstić information content (AvgIpc) is 2.75. The Morgan fingerprint density at radius 1 is 1.00 bits per heavy atom. The summed E-state index contributed by atoms with van der Waals surface area (Å²) >= 11 is 6.39. The molecule has 0 spiro atoms. The number of amides is 1. The number of rotatable bonds is 6. The van der Waals surface area contributed by atoms with Gasteiger partial charge in [0.25, 0.3) is 5.91 Å². The average molecular weight is 445 g/mol. The molecule has 0 radical (unpaired) electrons. The van der Waals surface area contributed by atoms with Gasteiger partial charge in [-0.05, 0) is 79.8 Å². The number of halogens is 1. The molecule has 0 atom stereocenters. The molecule has 0 unspecified atom stereocenters. The zero-order chi connectivity index (χ0) is 23.3. The van der Waals surface area contributed by atoms with E-state index < -0.39 is 5.91 Å². The molecule has 0 aliphatic rings. The second-order valence-corrected chi connectivity index (χ2v) is 8.25. The number of anilines is 1. The van der Waals surface area contributed by atoms with Crippen LogP contribution in [0.3, 0.4) is 0 Å². The van der Waals surface area contributed by atoms with Crippen molar-refractivity contribution in [2.75, 3.05) is 5.32 Å². The maximum absolute atomic E-state index is 12.6. The monoisotopic (exact) mass is 444 g/mol. The summed E-state index contributed by atoms with van der Waals surface area (Å²) in [5.74, 6) is 0.0749. The van der Waals surface area contributed by atoms with E-state index in [1.807, 2.05) is 44.2 Å². The Hall–Kier alpha value is -3.55. The first-order valence-corrected chi connectivity index (χ1v) is 10.6. The molecule has 0 saturated carbocycles. The third kappa shape index (κ3) is 5.78. The molecule has 3 rings (SSSR count). The van der Waals surface area contributed by atoms with Crippen molar-refractivity contribution < 1.29 is 9.53 Å². The number of hydrogen-bond acceptors (Lipinski definition) is 3. The van der Waals surface area contributed by atoms with Crippen molar-refractivity contribution in [3.63, 3.8) is 0 Å². The van der Waals surface area contributed by atoms with Gasteiger partial charge in [-0.1, -0.05) is 53.6 Å². The second-order valence-electron chi connectivity index (χ2n) is 7.84. The third-order valence-corrected chi connectivity index (χ3v) is 5.52. The van der Waals surface area contributed by atoms with Crippen LogP contribution >= 0.6 is 11.6 Å². The molecular weight excluding hydrogens is 420 g/mol. The maximum Gasteiger partial charge on any atom is 0.266 e. The fourth-order valence-corrected chi connectivity index (χ4v) is 3.48. The van der Waals surface area contributed by atoms with Crippen LogP contribution in [-0.2, 0) is 11.4 Å². The highest BCUT2D eigenvalue weighted by atomic mass is 35.5. The number of ether oxygens (including phenoxy) is 1.